The Bertz CT molecular complexity index is 499. The van der Waals surface area contributed by atoms with Crippen molar-refractivity contribution < 1.29 is 0 Å². The van der Waals surface area contributed by atoms with Gasteiger partial charge in [0.15, 0.2) is 0 Å². The van der Waals surface area contributed by atoms with E-state index in [1.807, 2.05) is 0 Å². The molecule has 1 unspecified atom stereocenters. The molecule has 0 aliphatic heterocycles. The third-order valence-corrected chi connectivity index (χ3v) is 5.51. The molecule has 1 aromatic rings. The molecule has 1 heteroatoms. The molecule has 1 aliphatic rings. The molecule has 0 amide bonds. The van der Waals surface area contributed by atoms with E-state index in [0.29, 0.717) is 16.7 Å². The zero-order valence-electron chi connectivity index (χ0n) is 14.6. The van der Waals surface area contributed by atoms with Crippen molar-refractivity contribution in [2.75, 3.05) is 0 Å². The van der Waals surface area contributed by atoms with Crippen LogP contribution in [0.5, 0.6) is 0 Å². The largest absolute Gasteiger partial charge is 0.261 e. The van der Waals surface area contributed by atoms with Crippen molar-refractivity contribution in [2.24, 2.45) is 16.7 Å². The molecule has 0 spiro atoms. The molecular weight excluding hydrogens is 242 g/mol. The van der Waals surface area contributed by atoms with Crippen molar-refractivity contribution in [1.82, 2.24) is 4.98 Å². The standard InChI is InChI=1S/C19H31N/c1-13(2)19(18(6,7)8)10-14-9-15(17(3,4)5)12-20-16(14)11-19/h9,12-13H,10-11H2,1-8H3. The highest BCUT2D eigenvalue weighted by molar-refractivity contribution is 5.35. The fourth-order valence-electron chi connectivity index (χ4n) is 3.77. The molecule has 20 heavy (non-hydrogen) atoms. The van der Waals surface area contributed by atoms with Crippen LogP contribution in [0.1, 0.15) is 72.2 Å². The topological polar surface area (TPSA) is 12.9 Å². The third-order valence-electron chi connectivity index (χ3n) is 5.51. The summed E-state index contributed by atoms with van der Waals surface area (Å²) in [6.45, 7) is 18.7. The maximum absolute atomic E-state index is 4.82. The van der Waals surface area contributed by atoms with Gasteiger partial charge in [-0.2, -0.15) is 0 Å². The molecule has 0 saturated carbocycles. The smallest absolute Gasteiger partial charge is 0.0441 e. The molecule has 0 saturated heterocycles. The van der Waals surface area contributed by atoms with Crippen LogP contribution in [0.2, 0.25) is 0 Å². The summed E-state index contributed by atoms with van der Waals surface area (Å²) in [7, 11) is 0. The van der Waals surface area contributed by atoms with Crippen molar-refractivity contribution in [2.45, 2.75) is 73.6 Å². The molecule has 1 heterocycles. The van der Waals surface area contributed by atoms with Gasteiger partial charge in [-0.15, -0.1) is 0 Å². The van der Waals surface area contributed by atoms with Gasteiger partial charge < -0.3 is 0 Å². The van der Waals surface area contributed by atoms with Gasteiger partial charge in [-0.05, 0) is 46.1 Å². The Morgan fingerprint density at radius 3 is 2.10 bits per heavy atom. The minimum absolute atomic E-state index is 0.187. The van der Waals surface area contributed by atoms with Gasteiger partial charge in [0, 0.05) is 11.9 Å². The van der Waals surface area contributed by atoms with Crippen LogP contribution in [0.3, 0.4) is 0 Å². The van der Waals surface area contributed by atoms with E-state index in [4.69, 9.17) is 4.98 Å². The Balaban J connectivity index is 2.44. The molecular formula is C19H31N. The van der Waals surface area contributed by atoms with Crippen LogP contribution in [0, 0.1) is 16.7 Å². The van der Waals surface area contributed by atoms with E-state index < -0.39 is 0 Å². The SMILES string of the molecule is CC(C)C1(C(C)(C)C)Cc2cc(C(C)(C)C)cnc2C1. The lowest BCUT2D eigenvalue weighted by Crippen LogP contribution is -2.41. The molecule has 1 aliphatic carbocycles. The molecule has 1 atom stereocenters. The zero-order valence-corrected chi connectivity index (χ0v) is 14.6. The lowest BCUT2D eigenvalue weighted by atomic mass is 9.59. The van der Waals surface area contributed by atoms with Crippen molar-refractivity contribution in [3.63, 3.8) is 0 Å². The van der Waals surface area contributed by atoms with Crippen LogP contribution in [0.4, 0.5) is 0 Å². The Morgan fingerprint density at radius 1 is 1.05 bits per heavy atom. The summed E-state index contributed by atoms with van der Waals surface area (Å²) >= 11 is 0. The van der Waals surface area contributed by atoms with Crippen LogP contribution in [0.25, 0.3) is 0 Å². The molecule has 1 aromatic heterocycles. The first-order valence-corrected chi connectivity index (χ1v) is 7.96. The van der Waals surface area contributed by atoms with Crippen LogP contribution in [0.15, 0.2) is 12.3 Å². The first kappa shape index (κ1) is 15.5. The van der Waals surface area contributed by atoms with E-state index in [1.54, 1.807) is 0 Å². The van der Waals surface area contributed by atoms with Gasteiger partial charge in [-0.1, -0.05) is 61.5 Å². The number of pyridine rings is 1. The van der Waals surface area contributed by atoms with Crippen LogP contribution < -0.4 is 0 Å². The van der Waals surface area contributed by atoms with Crippen molar-refractivity contribution in [1.29, 1.82) is 0 Å². The molecule has 1 nitrogen and oxygen atoms in total. The minimum Gasteiger partial charge on any atom is -0.261 e. The number of hydrogen-bond donors (Lipinski definition) is 0. The Hall–Kier alpha value is -0.850. The van der Waals surface area contributed by atoms with Gasteiger partial charge in [0.05, 0.1) is 0 Å². The predicted molar refractivity (Wildman–Crippen MR) is 87.1 cm³/mol. The van der Waals surface area contributed by atoms with Crippen LogP contribution >= 0.6 is 0 Å². The molecule has 112 valence electrons. The Kier molecular flexibility index (Phi) is 3.56. The lowest BCUT2D eigenvalue weighted by molar-refractivity contribution is 0.0414. The van der Waals surface area contributed by atoms with Gasteiger partial charge in [0.1, 0.15) is 0 Å². The molecule has 0 bridgehead atoms. The first-order chi connectivity index (χ1) is 8.97. The van der Waals surface area contributed by atoms with Crippen molar-refractivity contribution in [3.8, 4) is 0 Å². The van der Waals surface area contributed by atoms with Crippen molar-refractivity contribution in [3.05, 3.63) is 29.1 Å². The second-order valence-electron chi connectivity index (χ2n) is 8.99. The molecule has 0 aromatic carbocycles. The average molecular weight is 273 g/mol. The molecule has 0 N–H and O–H groups in total. The van der Waals surface area contributed by atoms with E-state index >= 15 is 0 Å². The van der Waals surface area contributed by atoms with Crippen molar-refractivity contribution >= 4 is 0 Å². The maximum Gasteiger partial charge on any atom is 0.0441 e. The minimum atomic E-state index is 0.187. The fourth-order valence-corrected chi connectivity index (χ4v) is 3.77. The van der Waals surface area contributed by atoms with E-state index in [0.717, 1.165) is 6.42 Å². The fraction of sp³-hybridized carbons (Fsp3) is 0.737. The van der Waals surface area contributed by atoms with Crippen LogP contribution in [-0.2, 0) is 18.3 Å². The van der Waals surface area contributed by atoms with Gasteiger partial charge >= 0.3 is 0 Å². The summed E-state index contributed by atoms with van der Waals surface area (Å²) in [4.78, 5) is 4.82. The number of aromatic nitrogens is 1. The maximum atomic E-state index is 4.82. The van der Waals surface area contributed by atoms with Gasteiger partial charge in [0.25, 0.3) is 0 Å². The highest BCUT2D eigenvalue weighted by Gasteiger charge is 2.48. The number of fused-ring (bicyclic) bond motifs is 1. The van der Waals surface area contributed by atoms with E-state index in [9.17, 15) is 0 Å². The normalized spacial score (nSPS) is 23.2. The Labute approximate surface area is 125 Å². The van der Waals surface area contributed by atoms with E-state index in [2.05, 4.69) is 67.7 Å². The number of nitrogens with zero attached hydrogens (tertiary/aromatic N) is 1. The Morgan fingerprint density at radius 2 is 1.65 bits per heavy atom. The second kappa shape index (κ2) is 4.58. The highest BCUT2D eigenvalue weighted by atomic mass is 14.7. The zero-order chi connectivity index (χ0) is 15.3. The summed E-state index contributed by atoms with van der Waals surface area (Å²) in [6, 6.07) is 2.41. The summed E-state index contributed by atoms with van der Waals surface area (Å²) in [5.74, 6) is 0.676. The predicted octanol–water partition coefficient (Wildman–Crippen LogP) is 5.17. The number of hydrogen-bond acceptors (Lipinski definition) is 1. The summed E-state index contributed by atoms with van der Waals surface area (Å²) in [6.07, 6.45) is 4.41. The molecule has 0 radical (unpaired) electrons. The molecule has 0 fully saturated rings. The summed E-state index contributed by atoms with van der Waals surface area (Å²) in [5, 5.41) is 0. The van der Waals surface area contributed by atoms with Gasteiger partial charge in [0.2, 0.25) is 0 Å². The monoisotopic (exact) mass is 273 g/mol. The van der Waals surface area contributed by atoms with Gasteiger partial charge in [-0.3, -0.25) is 4.98 Å². The first-order valence-electron chi connectivity index (χ1n) is 7.96. The third kappa shape index (κ3) is 2.40. The second-order valence-corrected chi connectivity index (χ2v) is 8.99. The average Bonchev–Trinajstić information content (AvgIpc) is 2.66. The highest BCUT2D eigenvalue weighted by Crippen LogP contribution is 2.53. The van der Waals surface area contributed by atoms with Gasteiger partial charge in [-0.25, -0.2) is 0 Å². The van der Waals surface area contributed by atoms with E-state index in [-0.39, 0.29) is 5.41 Å². The van der Waals surface area contributed by atoms with Crippen LogP contribution in [-0.4, -0.2) is 4.98 Å². The number of rotatable bonds is 1. The summed E-state index contributed by atoms with van der Waals surface area (Å²) < 4.78 is 0. The molecule has 2 rings (SSSR count). The van der Waals surface area contributed by atoms with E-state index in [1.165, 1.54) is 23.2 Å². The summed E-state index contributed by atoms with van der Waals surface area (Å²) in [5.41, 5.74) is 5.03. The lowest BCUT2D eigenvalue weighted by Gasteiger charge is -2.45. The quantitative estimate of drug-likeness (QED) is 0.688.